The third-order valence-electron chi connectivity index (χ3n) is 2.82. The molecule has 0 saturated carbocycles. The average Bonchev–Trinajstić information content (AvgIpc) is 2.61. The van der Waals surface area contributed by atoms with Crippen LogP contribution in [-0.4, -0.2) is 44.3 Å². The van der Waals surface area contributed by atoms with Crippen LogP contribution in [0.5, 0.6) is 0 Å². The van der Waals surface area contributed by atoms with Crippen molar-refractivity contribution < 1.29 is 14.9 Å². The summed E-state index contributed by atoms with van der Waals surface area (Å²) >= 11 is 0. The first kappa shape index (κ1) is 12.7. The molecule has 1 fully saturated rings. The van der Waals surface area contributed by atoms with Crippen LogP contribution in [0.4, 0.5) is 0 Å². The van der Waals surface area contributed by atoms with Gasteiger partial charge in [-0.3, -0.25) is 14.3 Å². The van der Waals surface area contributed by atoms with Gasteiger partial charge in [-0.25, -0.2) is 4.79 Å². The lowest BCUT2D eigenvalue weighted by Gasteiger charge is -2.14. The van der Waals surface area contributed by atoms with Gasteiger partial charge in [0.25, 0.3) is 5.56 Å². The molecule has 0 spiro atoms. The molecular formula is C10H13N3O5. The van der Waals surface area contributed by atoms with Gasteiger partial charge in [0.15, 0.2) is 6.23 Å². The van der Waals surface area contributed by atoms with Crippen LogP contribution in [0.2, 0.25) is 0 Å². The molecule has 2 heterocycles. The van der Waals surface area contributed by atoms with Crippen molar-refractivity contribution >= 4 is 5.71 Å². The Kier molecular flexibility index (Phi) is 3.16. The first-order chi connectivity index (χ1) is 8.45. The van der Waals surface area contributed by atoms with Crippen LogP contribution >= 0.6 is 0 Å². The fourth-order valence-electron chi connectivity index (χ4n) is 1.78. The number of nitrogens with zero attached hydrogens (tertiary/aromatic N) is 1. The van der Waals surface area contributed by atoms with Gasteiger partial charge in [-0.2, -0.15) is 0 Å². The van der Waals surface area contributed by atoms with Gasteiger partial charge in [0.2, 0.25) is 0 Å². The number of aromatic nitrogens is 2. The van der Waals surface area contributed by atoms with Gasteiger partial charge in [0, 0.05) is 11.8 Å². The van der Waals surface area contributed by atoms with Crippen LogP contribution in [0.25, 0.3) is 0 Å². The molecule has 8 heteroatoms. The largest absolute Gasteiger partial charge is 0.394 e. The monoisotopic (exact) mass is 255 g/mol. The lowest BCUT2D eigenvalue weighted by molar-refractivity contribution is -0.0442. The van der Waals surface area contributed by atoms with E-state index in [1.807, 2.05) is 0 Å². The molecule has 2 rings (SSSR count). The average molecular weight is 255 g/mol. The van der Waals surface area contributed by atoms with Gasteiger partial charge in [0.05, 0.1) is 12.3 Å². The molecule has 18 heavy (non-hydrogen) atoms. The summed E-state index contributed by atoms with van der Waals surface area (Å²) < 4.78 is 6.23. The maximum Gasteiger partial charge on any atom is 0.330 e. The summed E-state index contributed by atoms with van der Waals surface area (Å²) in [5.41, 5.74) is -1.19. The van der Waals surface area contributed by atoms with Crippen LogP contribution in [0.15, 0.2) is 15.8 Å². The van der Waals surface area contributed by atoms with E-state index in [1.165, 1.54) is 13.1 Å². The van der Waals surface area contributed by atoms with Gasteiger partial charge in [0.1, 0.15) is 12.2 Å². The van der Waals surface area contributed by atoms with E-state index >= 15 is 0 Å². The molecule has 1 aromatic rings. The minimum atomic E-state index is -1.26. The second-order valence-corrected chi connectivity index (χ2v) is 4.09. The highest BCUT2D eigenvalue weighted by Crippen LogP contribution is 2.24. The SMILES string of the molecule is Cc1cn([C@@H]2O[C@H](CO)[C@@H](O)C2=N)c(=O)[nH]c1=O. The summed E-state index contributed by atoms with van der Waals surface area (Å²) in [6.07, 6.45) is -2.06. The normalized spacial score (nSPS) is 27.7. The molecular weight excluding hydrogens is 242 g/mol. The molecule has 0 radical (unpaired) electrons. The molecule has 0 aromatic carbocycles. The van der Waals surface area contributed by atoms with Gasteiger partial charge in [-0.15, -0.1) is 0 Å². The number of aryl methyl sites for hydroxylation is 1. The summed E-state index contributed by atoms with van der Waals surface area (Å²) in [5.74, 6) is 0. The van der Waals surface area contributed by atoms with Gasteiger partial charge in [-0.1, -0.05) is 0 Å². The third kappa shape index (κ3) is 1.90. The Morgan fingerprint density at radius 2 is 2.22 bits per heavy atom. The molecule has 1 aromatic heterocycles. The summed E-state index contributed by atoms with van der Waals surface area (Å²) in [6.45, 7) is 1.05. The Balaban J connectivity index is 2.45. The topological polar surface area (TPSA) is 128 Å². The van der Waals surface area contributed by atoms with E-state index < -0.39 is 36.3 Å². The highest BCUT2D eigenvalue weighted by Gasteiger charge is 2.40. The van der Waals surface area contributed by atoms with Crippen LogP contribution in [-0.2, 0) is 4.74 Å². The zero-order valence-electron chi connectivity index (χ0n) is 9.58. The first-order valence-electron chi connectivity index (χ1n) is 5.30. The quantitative estimate of drug-likeness (QED) is 0.491. The standard InChI is InChI=1S/C10H13N3O5/c1-4-2-13(10(17)12-8(4)16)9-6(11)7(15)5(3-14)18-9/h2,5,7,9,11,14-15H,3H2,1H3,(H,12,16,17)/t5-,7-,9-/m1/s1. The molecule has 0 aliphatic carbocycles. The molecule has 3 atom stereocenters. The van der Waals surface area contributed by atoms with Crippen molar-refractivity contribution in [2.75, 3.05) is 6.61 Å². The van der Waals surface area contributed by atoms with E-state index in [1.54, 1.807) is 0 Å². The molecule has 1 aliphatic rings. The van der Waals surface area contributed by atoms with Crippen LogP contribution in [0.1, 0.15) is 11.8 Å². The number of nitrogens with one attached hydrogen (secondary N) is 2. The van der Waals surface area contributed by atoms with E-state index in [4.69, 9.17) is 15.3 Å². The zero-order chi connectivity index (χ0) is 13.4. The van der Waals surface area contributed by atoms with Gasteiger partial charge in [-0.05, 0) is 6.92 Å². The number of rotatable bonds is 2. The first-order valence-corrected chi connectivity index (χ1v) is 5.30. The zero-order valence-corrected chi connectivity index (χ0v) is 9.58. The minimum absolute atomic E-state index is 0.234. The summed E-state index contributed by atoms with van der Waals surface area (Å²) in [4.78, 5) is 24.9. The predicted molar refractivity (Wildman–Crippen MR) is 60.8 cm³/mol. The van der Waals surface area contributed by atoms with E-state index in [9.17, 15) is 14.7 Å². The Labute approximate surface area is 101 Å². The van der Waals surface area contributed by atoms with Crippen molar-refractivity contribution in [3.63, 3.8) is 0 Å². The second kappa shape index (κ2) is 4.48. The Hall–Kier alpha value is -1.77. The van der Waals surface area contributed by atoms with E-state index in [0.717, 1.165) is 4.57 Å². The van der Waals surface area contributed by atoms with Crippen molar-refractivity contribution in [2.24, 2.45) is 0 Å². The highest BCUT2D eigenvalue weighted by molar-refractivity contribution is 5.90. The molecule has 4 N–H and O–H groups in total. The fourth-order valence-corrected chi connectivity index (χ4v) is 1.78. The van der Waals surface area contributed by atoms with E-state index in [-0.39, 0.29) is 11.3 Å². The molecule has 1 saturated heterocycles. The molecule has 0 unspecified atom stereocenters. The summed E-state index contributed by atoms with van der Waals surface area (Å²) in [6, 6.07) is 0. The molecule has 8 nitrogen and oxygen atoms in total. The summed E-state index contributed by atoms with van der Waals surface area (Å²) in [5, 5.41) is 26.2. The van der Waals surface area contributed by atoms with Crippen LogP contribution < -0.4 is 11.2 Å². The number of aliphatic hydroxyl groups excluding tert-OH is 2. The smallest absolute Gasteiger partial charge is 0.330 e. The number of aromatic amines is 1. The maximum atomic E-state index is 11.6. The molecule has 1 aliphatic heterocycles. The van der Waals surface area contributed by atoms with Crippen LogP contribution in [0.3, 0.4) is 0 Å². The van der Waals surface area contributed by atoms with E-state index in [0.29, 0.717) is 0 Å². The van der Waals surface area contributed by atoms with E-state index in [2.05, 4.69) is 4.98 Å². The lowest BCUT2D eigenvalue weighted by atomic mass is 10.1. The fraction of sp³-hybridized carbons (Fsp3) is 0.500. The number of H-pyrrole nitrogens is 1. The Bertz CT molecular complexity index is 590. The van der Waals surface area contributed by atoms with Crippen molar-refractivity contribution in [1.29, 1.82) is 5.41 Å². The van der Waals surface area contributed by atoms with Gasteiger partial charge >= 0.3 is 5.69 Å². The van der Waals surface area contributed by atoms with Crippen molar-refractivity contribution in [1.82, 2.24) is 9.55 Å². The summed E-state index contributed by atoms with van der Waals surface area (Å²) in [7, 11) is 0. The highest BCUT2D eigenvalue weighted by atomic mass is 16.5. The maximum absolute atomic E-state index is 11.6. The number of hydrogen-bond acceptors (Lipinski definition) is 6. The minimum Gasteiger partial charge on any atom is -0.394 e. The number of hydrogen-bond donors (Lipinski definition) is 4. The molecule has 0 amide bonds. The lowest BCUT2D eigenvalue weighted by Crippen LogP contribution is -2.36. The second-order valence-electron chi connectivity index (χ2n) is 4.09. The Morgan fingerprint density at radius 1 is 1.56 bits per heavy atom. The van der Waals surface area contributed by atoms with Gasteiger partial charge < -0.3 is 20.4 Å². The van der Waals surface area contributed by atoms with Crippen molar-refractivity contribution in [3.05, 3.63) is 32.6 Å². The number of aliphatic hydroxyl groups is 2. The molecule has 98 valence electrons. The third-order valence-corrected chi connectivity index (χ3v) is 2.82. The van der Waals surface area contributed by atoms with Crippen molar-refractivity contribution in [2.45, 2.75) is 25.4 Å². The molecule has 0 bridgehead atoms. The van der Waals surface area contributed by atoms with Crippen molar-refractivity contribution in [3.8, 4) is 0 Å². The number of ether oxygens (including phenoxy) is 1. The van der Waals surface area contributed by atoms with Crippen LogP contribution in [0, 0.1) is 12.3 Å². The predicted octanol–water partition coefficient (Wildman–Crippen LogP) is -1.88. The Morgan fingerprint density at radius 3 is 2.78 bits per heavy atom.